The molecule has 1 aromatic rings. The molecule has 2 nitrogen and oxygen atoms in total. The third-order valence-electron chi connectivity index (χ3n) is 3.21. The van der Waals surface area contributed by atoms with Crippen LogP contribution in [0.4, 0.5) is 23.2 Å². The lowest BCUT2D eigenvalue weighted by atomic mass is 10.1. The maximum atomic E-state index is 13.2. The molecule has 0 radical (unpaired) electrons. The number of hydrogen-bond acceptors (Lipinski definition) is 2. The molecule has 0 bridgehead atoms. The lowest BCUT2D eigenvalue weighted by Gasteiger charge is -2.25. The van der Waals surface area contributed by atoms with E-state index in [4.69, 9.17) is 0 Å². The average molecular weight is 276 g/mol. The van der Waals surface area contributed by atoms with E-state index in [-0.39, 0.29) is 6.04 Å². The Morgan fingerprint density at radius 1 is 1.32 bits per heavy atom. The monoisotopic (exact) mass is 276 g/mol. The van der Waals surface area contributed by atoms with Crippen molar-refractivity contribution in [2.45, 2.75) is 25.6 Å². The van der Waals surface area contributed by atoms with E-state index in [0.717, 1.165) is 25.1 Å². The van der Waals surface area contributed by atoms with Gasteiger partial charge in [0.2, 0.25) is 0 Å². The summed E-state index contributed by atoms with van der Waals surface area (Å²) in [6.45, 7) is 4.10. The van der Waals surface area contributed by atoms with Gasteiger partial charge in [-0.1, -0.05) is 0 Å². The summed E-state index contributed by atoms with van der Waals surface area (Å²) in [4.78, 5) is 1.86. The third kappa shape index (κ3) is 3.37. The Bertz CT molecular complexity index is 445. The molecular formula is C13H16F4N2. The predicted molar refractivity (Wildman–Crippen MR) is 65.7 cm³/mol. The molecule has 0 spiro atoms. The summed E-state index contributed by atoms with van der Waals surface area (Å²) < 4.78 is 51.3. The summed E-state index contributed by atoms with van der Waals surface area (Å²) in [5, 5.41) is 3.26. The van der Waals surface area contributed by atoms with Crippen molar-refractivity contribution in [2.24, 2.45) is 0 Å². The predicted octanol–water partition coefficient (Wildman–Crippen LogP) is 3.03. The zero-order chi connectivity index (χ0) is 14.0. The summed E-state index contributed by atoms with van der Waals surface area (Å²) in [5.74, 6) is -1.22. The summed E-state index contributed by atoms with van der Waals surface area (Å²) >= 11 is 0. The van der Waals surface area contributed by atoms with Crippen LogP contribution in [0.2, 0.25) is 0 Å². The fourth-order valence-corrected chi connectivity index (χ4v) is 2.27. The molecule has 6 heteroatoms. The topological polar surface area (TPSA) is 15.3 Å². The van der Waals surface area contributed by atoms with E-state index in [1.54, 1.807) is 0 Å². The number of benzene rings is 1. The smallest absolute Gasteiger partial charge is 0.370 e. The fourth-order valence-electron chi connectivity index (χ4n) is 2.27. The lowest BCUT2D eigenvalue weighted by molar-refractivity contribution is -0.139. The maximum Gasteiger partial charge on any atom is 0.419 e. The van der Waals surface area contributed by atoms with Gasteiger partial charge >= 0.3 is 6.18 Å². The first-order valence-electron chi connectivity index (χ1n) is 6.23. The Balaban J connectivity index is 2.29. The number of nitrogens with one attached hydrogen (secondary N) is 1. The number of rotatable bonds is 1. The molecule has 1 aliphatic heterocycles. The van der Waals surface area contributed by atoms with Crippen LogP contribution in [0.3, 0.4) is 0 Å². The van der Waals surface area contributed by atoms with Crippen molar-refractivity contribution in [1.29, 1.82) is 0 Å². The Morgan fingerprint density at radius 2 is 2.05 bits per heavy atom. The van der Waals surface area contributed by atoms with Crippen molar-refractivity contribution in [3.05, 3.63) is 29.6 Å². The van der Waals surface area contributed by atoms with E-state index in [0.29, 0.717) is 18.8 Å². The lowest BCUT2D eigenvalue weighted by Crippen LogP contribution is -2.35. The molecule has 1 aromatic carbocycles. The zero-order valence-corrected chi connectivity index (χ0v) is 10.6. The molecule has 106 valence electrons. The van der Waals surface area contributed by atoms with Gasteiger partial charge in [0.15, 0.2) is 0 Å². The van der Waals surface area contributed by atoms with Crippen LogP contribution < -0.4 is 10.2 Å². The quantitative estimate of drug-likeness (QED) is 0.793. The van der Waals surface area contributed by atoms with Gasteiger partial charge in [0.25, 0.3) is 0 Å². The minimum atomic E-state index is -4.66. The average Bonchev–Trinajstić information content (AvgIpc) is 2.53. The van der Waals surface area contributed by atoms with Gasteiger partial charge in [-0.15, -0.1) is 0 Å². The Hall–Kier alpha value is -1.30. The van der Waals surface area contributed by atoms with Crippen molar-refractivity contribution >= 4 is 5.69 Å². The molecule has 0 amide bonds. The van der Waals surface area contributed by atoms with Gasteiger partial charge in [-0.2, -0.15) is 13.2 Å². The van der Waals surface area contributed by atoms with Crippen LogP contribution >= 0.6 is 0 Å². The first kappa shape index (κ1) is 14.1. The van der Waals surface area contributed by atoms with E-state index >= 15 is 0 Å². The second-order valence-electron chi connectivity index (χ2n) is 4.82. The number of anilines is 1. The van der Waals surface area contributed by atoms with Crippen molar-refractivity contribution in [3.63, 3.8) is 0 Å². The molecule has 0 saturated carbocycles. The molecule has 1 N–H and O–H groups in total. The minimum Gasteiger partial charge on any atom is -0.370 e. The standard InChI is InChI=1S/C13H16F4N2/c1-9-8-19(6-2-5-18-9)10-3-4-12(14)11(7-10)13(15,16)17/h3-4,7,9,18H,2,5-6,8H2,1H3. The largest absolute Gasteiger partial charge is 0.419 e. The Kier molecular flexibility index (Phi) is 3.99. The second-order valence-corrected chi connectivity index (χ2v) is 4.82. The van der Waals surface area contributed by atoms with Crippen molar-refractivity contribution in [2.75, 3.05) is 24.5 Å². The number of nitrogens with zero attached hydrogens (tertiary/aromatic N) is 1. The van der Waals surface area contributed by atoms with Gasteiger partial charge in [0.05, 0.1) is 5.56 Å². The van der Waals surface area contributed by atoms with E-state index in [9.17, 15) is 17.6 Å². The number of alkyl halides is 3. The number of halogens is 4. The van der Waals surface area contributed by atoms with E-state index < -0.39 is 17.6 Å². The molecule has 1 fully saturated rings. The highest BCUT2D eigenvalue weighted by molar-refractivity contribution is 5.50. The molecule has 0 aromatic heterocycles. The van der Waals surface area contributed by atoms with Crippen LogP contribution in [0.25, 0.3) is 0 Å². The highest BCUT2D eigenvalue weighted by atomic mass is 19.4. The summed E-state index contributed by atoms with van der Waals surface area (Å²) in [5.41, 5.74) is -0.779. The molecule has 0 aliphatic carbocycles. The first-order chi connectivity index (χ1) is 8.88. The van der Waals surface area contributed by atoms with Crippen LogP contribution in [0.15, 0.2) is 18.2 Å². The van der Waals surface area contributed by atoms with E-state index in [2.05, 4.69) is 5.32 Å². The molecular weight excluding hydrogens is 260 g/mol. The molecule has 1 heterocycles. The van der Waals surface area contributed by atoms with Crippen molar-refractivity contribution in [3.8, 4) is 0 Å². The highest BCUT2D eigenvalue weighted by Crippen LogP contribution is 2.34. The van der Waals surface area contributed by atoms with E-state index in [1.165, 1.54) is 6.07 Å². The maximum absolute atomic E-state index is 13.2. The normalized spacial score (nSPS) is 21.3. The molecule has 1 saturated heterocycles. The van der Waals surface area contributed by atoms with Crippen LogP contribution in [0.5, 0.6) is 0 Å². The van der Waals surface area contributed by atoms with E-state index in [1.807, 2.05) is 11.8 Å². The number of hydrogen-bond donors (Lipinski definition) is 1. The molecule has 19 heavy (non-hydrogen) atoms. The highest BCUT2D eigenvalue weighted by Gasteiger charge is 2.34. The van der Waals surface area contributed by atoms with Gasteiger partial charge in [0.1, 0.15) is 5.82 Å². The van der Waals surface area contributed by atoms with Gasteiger partial charge in [-0.3, -0.25) is 0 Å². The Morgan fingerprint density at radius 3 is 2.74 bits per heavy atom. The summed E-state index contributed by atoms with van der Waals surface area (Å²) in [6, 6.07) is 3.39. The van der Waals surface area contributed by atoms with Gasteiger partial charge in [0, 0.05) is 24.8 Å². The molecule has 1 unspecified atom stereocenters. The van der Waals surface area contributed by atoms with Crippen molar-refractivity contribution < 1.29 is 17.6 Å². The third-order valence-corrected chi connectivity index (χ3v) is 3.21. The fraction of sp³-hybridized carbons (Fsp3) is 0.538. The SMILES string of the molecule is CC1CN(c2ccc(F)c(C(F)(F)F)c2)CCCN1. The van der Waals surface area contributed by atoms with Crippen LogP contribution in [0.1, 0.15) is 18.9 Å². The molecule has 2 rings (SSSR count). The Labute approximate surface area is 109 Å². The summed E-state index contributed by atoms with van der Waals surface area (Å²) in [7, 11) is 0. The zero-order valence-electron chi connectivity index (χ0n) is 10.6. The van der Waals surface area contributed by atoms with Crippen LogP contribution in [-0.4, -0.2) is 25.7 Å². The van der Waals surface area contributed by atoms with Crippen LogP contribution in [0, 0.1) is 5.82 Å². The van der Waals surface area contributed by atoms with Gasteiger partial charge in [-0.05, 0) is 38.1 Å². The first-order valence-corrected chi connectivity index (χ1v) is 6.23. The minimum absolute atomic E-state index is 0.196. The molecule has 1 aliphatic rings. The van der Waals surface area contributed by atoms with Gasteiger partial charge in [-0.25, -0.2) is 4.39 Å². The second kappa shape index (κ2) is 5.36. The summed E-state index contributed by atoms with van der Waals surface area (Å²) in [6.07, 6.45) is -3.81. The van der Waals surface area contributed by atoms with Crippen LogP contribution in [-0.2, 0) is 6.18 Å². The van der Waals surface area contributed by atoms with Gasteiger partial charge < -0.3 is 10.2 Å². The van der Waals surface area contributed by atoms with Crippen molar-refractivity contribution in [1.82, 2.24) is 5.32 Å². The molecule has 1 atom stereocenters.